The molecule has 29 heavy (non-hydrogen) atoms. The van der Waals surface area contributed by atoms with Gasteiger partial charge in [0.1, 0.15) is 22.3 Å². The summed E-state index contributed by atoms with van der Waals surface area (Å²) in [6.45, 7) is 0. The van der Waals surface area contributed by atoms with E-state index in [9.17, 15) is 13.6 Å². The molecule has 2 aromatic carbocycles. The molecular formula is C21H20O7S. The molecule has 0 bridgehead atoms. The molecule has 2 atom stereocenters. The summed E-state index contributed by atoms with van der Waals surface area (Å²) in [5, 5.41) is -1.02. The van der Waals surface area contributed by atoms with Crippen molar-refractivity contribution in [3.63, 3.8) is 0 Å². The minimum atomic E-state index is -2.34. The Balaban J connectivity index is 2.28. The van der Waals surface area contributed by atoms with Crippen LogP contribution in [0.2, 0.25) is 0 Å². The molecule has 1 aromatic heterocycles. The molecule has 1 heterocycles. The van der Waals surface area contributed by atoms with E-state index in [1.54, 1.807) is 42.5 Å². The number of ether oxygens (including phenoxy) is 3. The van der Waals surface area contributed by atoms with E-state index in [0.717, 1.165) is 0 Å². The lowest BCUT2D eigenvalue weighted by atomic mass is 9.94. The Labute approximate surface area is 170 Å². The van der Waals surface area contributed by atoms with Gasteiger partial charge in [-0.25, -0.2) is 9.00 Å². The molecule has 2 unspecified atom stereocenters. The topological polar surface area (TPSA) is 95.2 Å². The monoisotopic (exact) mass is 416 g/mol. The Hall–Kier alpha value is -3.10. The largest absolute Gasteiger partial charge is 0.497 e. The summed E-state index contributed by atoms with van der Waals surface area (Å²) >= 11 is -2.34. The lowest BCUT2D eigenvalue weighted by Crippen LogP contribution is -2.16. The molecule has 0 radical (unpaired) electrons. The predicted molar refractivity (Wildman–Crippen MR) is 108 cm³/mol. The van der Waals surface area contributed by atoms with E-state index >= 15 is 0 Å². The number of esters is 1. The summed E-state index contributed by atoms with van der Waals surface area (Å²) < 4.78 is 43.3. The molecule has 0 saturated carbocycles. The Bertz CT molecular complexity index is 1030. The standard InChI is InChI=1S/C21H20O7S/c1-25-15-6-4-5-13(11-15)20(29(23)24)17-8-7-16(14-9-10-28-12-14)19(26-2)18(17)21(22)27-3/h4-12,20H,1-3H3,(H,23,24). The molecular weight excluding hydrogens is 396 g/mol. The van der Waals surface area contributed by atoms with Gasteiger partial charge in [-0.3, -0.25) is 0 Å². The summed E-state index contributed by atoms with van der Waals surface area (Å²) in [5.74, 6) is 0.0780. The van der Waals surface area contributed by atoms with Gasteiger partial charge in [-0.1, -0.05) is 24.3 Å². The minimum Gasteiger partial charge on any atom is -0.497 e. The first-order chi connectivity index (χ1) is 14.0. The maximum absolute atomic E-state index is 12.7. The Morgan fingerprint density at radius 2 is 1.90 bits per heavy atom. The number of carbonyl (C=O) groups is 1. The number of benzene rings is 2. The highest BCUT2D eigenvalue weighted by molar-refractivity contribution is 7.79. The van der Waals surface area contributed by atoms with Crippen LogP contribution in [0.3, 0.4) is 0 Å². The first-order valence-electron chi connectivity index (χ1n) is 8.57. The van der Waals surface area contributed by atoms with Crippen LogP contribution in [0.4, 0.5) is 0 Å². The van der Waals surface area contributed by atoms with Gasteiger partial charge in [0.2, 0.25) is 0 Å². The fraction of sp³-hybridized carbons (Fsp3) is 0.190. The van der Waals surface area contributed by atoms with E-state index in [2.05, 4.69) is 0 Å². The smallest absolute Gasteiger partial charge is 0.342 e. The molecule has 0 spiro atoms. The van der Waals surface area contributed by atoms with Gasteiger partial charge in [-0.05, 0) is 29.3 Å². The van der Waals surface area contributed by atoms with Crippen LogP contribution < -0.4 is 9.47 Å². The molecule has 0 saturated heterocycles. The van der Waals surface area contributed by atoms with Crippen molar-refractivity contribution in [3.8, 4) is 22.6 Å². The van der Waals surface area contributed by atoms with E-state index in [1.807, 2.05) is 0 Å². The second-order valence-electron chi connectivity index (χ2n) is 6.05. The number of furan rings is 1. The summed E-state index contributed by atoms with van der Waals surface area (Å²) in [6, 6.07) is 11.8. The van der Waals surface area contributed by atoms with Gasteiger partial charge in [0.15, 0.2) is 11.1 Å². The van der Waals surface area contributed by atoms with Gasteiger partial charge >= 0.3 is 5.97 Å². The van der Waals surface area contributed by atoms with Gasteiger partial charge in [-0.2, -0.15) is 0 Å². The number of methoxy groups -OCH3 is 3. The molecule has 3 rings (SSSR count). The second kappa shape index (κ2) is 8.93. The molecule has 1 N–H and O–H groups in total. The fourth-order valence-electron chi connectivity index (χ4n) is 3.20. The summed E-state index contributed by atoms with van der Waals surface area (Å²) in [6.07, 6.45) is 3.02. The maximum Gasteiger partial charge on any atom is 0.342 e. The number of hydrogen-bond donors (Lipinski definition) is 1. The van der Waals surface area contributed by atoms with E-state index in [-0.39, 0.29) is 11.3 Å². The van der Waals surface area contributed by atoms with Crippen LogP contribution in [0.1, 0.15) is 26.7 Å². The van der Waals surface area contributed by atoms with E-state index in [1.165, 1.54) is 33.9 Å². The van der Waals surface area contributed by atoms with Gasteiger partial charge in [0, 0.05) is 11.1 Å². The zero-order chi connectivity index (χ0) is 21.0. The van der Waals surface area contributed by atoms with Crippen molar-refractivity contribution < 1.29 is 32.2 Å². The second-order valence-corrected chi connectivity index (χ2v) is 7.07. The summed E-state index contributed by atoms with van der Waals surface area (Å²) in [7, 11) is 4.17. The molecule has 0 aliphatic carbocycles. The first kappa shape index (κ1) is 20.6. The van der Waals surface area contributed by atoms with Crippen molar-refractivity contribution in [1.29, 1.82) is 0 Å². The molecule has 0 aliphatic heterocycles. The van der Waals surface area contributed by atoms with Crippen molar-refractivity contribution in [2.45, 2.75) is 5.25 Å². The van der Waals surface area contributed by atoms with Crippen LogP contribution in [0.25, 0.3) is 11.1 Å². The average molecular weight is 416 g/mol. The molecule has 3 aromatic rings. The lowest BCUT2D eigenvalue weighted by molar-refractivity contribution is 0.0596. The Morgan fingerprint density at radius 3 is 2.48 bits per heavy atom. The molecule has 152 valence electrons. The zero-order valence-electron chi connectivity index (χ0n) is 16.1. The van der Waals surface area contributed by atoms with Gasteiger partial charge in [0.25, 0.3) is 0 Å². The lowest BCUT2D eigenvalue weighted by Gasteiger charge is -2.21. The number of rotatable bonds is 7. The highest BCUT2D eigenvalue weighted by atomic mass is 32.2. The Kier molecular flexibility index (Phi) is 6.36. The van der Waals surface area contributed by atoms with E-state index in [0.29, 0.717) is 28.0 Å². The van der Waals surface area contributed by atoms with Crippen molar-refractivity contribution in [1.82, 2.24) is 0 Å². The van der Waals surface area contributed by atoms with Crippen molar-refractivity contribution in [2.24, 2.45) is 0 Å². The van der Waals surface area contributed by atoms with E-state index in [4.69, 9.17) is 18.6 Å². The van der Waals surface area contributed by atoms with Gasteiger partial charge < -0.3 is 23.2 Å². The third-order valence-electron chi connectivity index (χ3n) is 4.50. The van der Waals surface area contributed by atoms with Crippen molar-refractivity contribution in [3.05, 3.63) is 71.7 Å². The van der Waals surface area contributed by atoms with Crippen molar-refractivity contribution >= 4 is 17.0 Å². The zero-order valence-corrected chi connectivity index (χ0v) is 16.9. The first-order valence-corrected chi connectivity index (χ1v) is 9.74. The summed E-state index contributed by atoms with van der Waals surface area (Å²) in [5.41, 5.74) is 2.17. The van der Waals surface area contributed by atoms with Crippen LogP contribution >= 0.6 is 0 Å². The molecule has 0 amide bonds. The fourth-order valence-corrected chi connectivity index (χ4v) is 3.99. The maximum atomic E-state index is 12.7. The third-order valence-corrected chi connectivity index (χ3v) is 5.43. The predicted octanol–water partition coefficient (Wildman–Crippen LogP) is 4.06. The average Bonchev–Trinajstić information content (AvgIpc) is 3.27. The van der Waals surface area contributed by atoms with Crippen molar-refractivity contribution in [2.75, 3.05) is 21.3 Å². The van der Waals surface area contributed by atoms with Crippen LogP contribution in [-0.2, 0) is 15.8 Å². The third kappa shape index (κ3) is 4.03. The van der Waals surface area contributed by atoms with Crippen LogP contribution in [0.5, 0.6) is 11.5 Å². The minimum absolute atomic E-state index is 0.0731. The quantitative estimate of drug-likeness (QED) is 0.458. The molecule has 7 nitrogen and oxygen atoms in total. The van der Waals surface area contributed by atoms with Crippen LogP contribution in [-0.4, -0.2) is 36.1 Å². The molecule has 0 aliphatic rings. The van der Waals surface area contributed by atoms with Gasteiger partial charge in [-0.15, -0.1) is 0 Å². The highest BCUT2D eigenvalue weighted by Gasteiger charge is 2.31. The summed E-state index contributed by atoms with van der Waals surface area (Å²) in [4.78, 5) is 12.7. The van der Waals surface area contributed by atoms with Crippen LogP contribution in [0.15, 0.2) is 59.4 Å². The molecule has 8 heteroatoms. The normalized spacial score (nSPS) is 12.8. The SMILES string of the molecule is COC(=O)c1c(C(c2cccc(OC)c2)S(=O)O)ccc(-c2ccoc2)c1OC. The Morgan fingerprint density at radius 1 is 1.10 bits per heavy atom. The number of carbonyl (C=O) groups excluding carboxylic acids is 1. The number of hydrogen-bond acceptors (Lipinski definition) is 6. The van der Waals surface area contributed by atoms with Gasteiger partial charge in [0.05, 0.1) is 33.9 Å². The van der Waals surface area contributed by atoms with Crippen LogP contribution in [0, 0.1) is 0 Å². The van der Waals surface area contributed by atoms with E-state index < -0.39 is 22.3 Å². The highest BCUT2D eigenvalue weighted by Crippen LogP contribution is 2.41. The molecule has 0 fully saturated rings.